The van der Waals surface area contributed by atoms with E-state index in [9.17, 15) is 4.79 Å². The van der Waals surface area contributed by atoms with Gasteiger partial charge in [0.05, 0.1) is 22.7 Å². The van der Waals surface area contributed by atoms with Crippen molar-refractivity contribution in [3.63, 3.8) is 0 Å². The van der Waals surface area contributed by atoms with Crippen molar-refractivity contribution in [3.8, 4) is 5.75 Å². The average molecular weight is 430 g/mol. The molecular weight excluding hydrogens is 406 g/mol. The molecule has 1 atom stereocenters. The zero-order chi connectivity index (χ0) is 20.4. The molecule has 29 heavy (non-hydrogen) atoms. The third-order valence-electron chi connectivity index (χ3n) is 5.18. The van der Waals surface area contributed by atoms with Crippen molar-refractivity contribution in [1.29, 1.82) is 0 Å². The molecule has 0 radical (unpaired) electrons. The number of rotatable bonds is 5. The molecule has 1 unspecified atom stereocenters. The lowest BCUT2D eigenvalue weighted by molar-refractivity contribution is -0.120. The molecule has 2 heterocycles. The fourth-order valence-corrected chi connectivity index (χ4v) is 4.81. The van der Waals surface area contributed by atoms with Crippen molar-refractivity contribution in [3.05, 3.63) is 47.0 Å². The predicted octanol–water partition coefficient (Wildman–Crippen LogP) is 5.51. The summed E-state index contributed by atoms with van der Waals surface area (Å²) < 4.78 is 6.70. The highest BCUT2D eigenvalue weighted by molar-refractivity contribution is 7.22. The molecule has 152 valence electrons. The van der Waals surface area contributed by atoms with E-state index < -0.39 is 0 Å². The SMILES string of the molecule is CCOc1ccc2nc(N3CCCC(C(=O)Nc4cc(Cl)ccc4C)C3)sc2c1. The van der Waals surface area contributed by atoms with Gasteiger partial charge in [-0.3, -0.25) is 4.79 Å². The number of hydrogen-bond donors (Lipinski definition) is 1. The highest BCUT2D eigenvalue weighted by Crippen LogP contribution is 2.34. The summed E-state index contributed by atoms with van der Waals surface area (Å²) in [5.74, 6) is 0.830. The first-order chi connectivity index (χ1) is 14.0. The molecule has 1 amide bonds. The van der Waals surface area contributed by atoms with Crippen molar-refractivity contribution in [2.24, 2.45) is 5.92 Å². The topological polar surface area (TPSA) is 54.5 Å². The third kappa shape index (κ3) is 4.49. The lowest BCUT2D eigenvalue weighted by Gasteiger charge is -2.31. The van der Waals surface area contributed by atoms with Gasteiger partial charge in [0.1, 0.15) is 5.75 Å². The quantitative estimate of drug-likeness (QED) is 0.580. The first kappa shape index (κ1) is 20.0. The Kier molecular flexibility index (Phi) is 5.92. The van der Waals surface area contributed by atoms with E-state index in [-0.39, 0.29) is 11.8 Å². The van der Waals surface area contributed by atoms with E-state index in [1.165, 1.54) is 0 Å². The van der Waals surface area contributed by atoms with Gasteiger partial charge in [0.2, 0.25) is 5.91 Å². The van der Waals surface area contributed by atoms with Crippen LogP contribution in [0.3, 0.4) is 0 Å². The smallest absolute Gasteiger partial charge is 0.229 e. The molecule has 0 saturated carbocycles. The Morgan fingerprint density at radius 3 is 3.03 bits per heavy atom. The van der Waals surface area contributed by atoms with Crippen LogP contribution in [-0.4, -0.2) is 30.6 Å². The van der Waals surface area contributed by atoms with E-state index in [0.29, 0.717) is 18.2 Å². The Bertz CT molecular complexity index is 1040. The summed E-state index contributed by atoms with van der Waals surface area (Å²) in [5, 5.41) is 4.64. The van der Waals surface area contributed by atoms with Crippen LogP contribution in [0.15, 0.2) is 36.4 Å². The minimum absolute atomic E-state index is 0.0415. The number of aryl methyl sites for hydroxylation is 1. The number of nitrogens with one attached hydrogen (secondary N) is 1. The van der Waals surface area contributed by atoms with Crippen molar-refractivity contribution >= 4 is 49.9 Å². The molecule has 1 aromatic heterocycles. The van der Waals surface area contributed by atoms with Crippen LogP contribution in [0.4, 0.5) is 10.8 Å². The van der Waals surface area contributed by atoms with Crippen molar-refractivity contribution in [2.45, 2.75) is 26.7 Å². The average Bonchev–Trinajstić information content (AvgIpc) is 3.14. The van der Waals surface area contributed by atoms with Crippen LogP contribution in [0.2, 0.25) is 5.02 Å². The second-order valence-electron chi connectivity index (χ2n) is 7.29. The highest BCUT2D eigenvalue weighted by Gasteiger charge is 2.28. The van der Waals surface area contributed by atoms with E-state index in [1.807, 2.05) is 44.2 Å². The summed E-state index contributed by atoms with van der Waals surface area (Å²) >= 11 is 7.74. The van der Waals surface area contributed by atoms with Gasteiger partial charge in [-0.25, -0.2) is 4.98 Å². The monoisotopic (exact) mass is 429 g/mol. The number of nitrogens with zero attached hydrogens (tertiary/aromatic N) is 2. The van der Waals surface area contributed by atoms with Crippen LogP contribution >= 0.6 is 22.9 Å². The van der Waals surface area contributed by atoms with Crippen molar-refractivity contribution in [2.75, 3.05) is 29.9 Å². The summed E-state index contributed by atoms with van der Waals surface area (Å²) in [6, 6.07) is 11.5. The molecular formula is C22H24ClN3O2S. The molecule has 7 heteroatoms. The molecule has 2 aromatic carbocycles. The second kappa shape index (κ2) is 8.59. The fraction of sp³-hybridized carbons (Fsp3) is 0.364. The maximum absolute atomic E-state index is 12.9. The number of anilines is 2. The number of hydrogen-bond acceptors (Lipinski definition) is 5. The number of fused-ring (bicyclic) bond motifs is 1. The van der Waals surface area contributed by atoms with Gasteiger partial charge in [-0.1, -0.05) is 29.0 Å². The van der Waals surface area contributed by atoms with E-state index >= 15 is 0 Å². The lowest BCUT2D eigenvalue weighted by atomic mass is 9.97. The summed E-state index contributed by atoms with van der Waals surface area (Å²) in [6.07, 6.45) is 1.84. The fourth-order valence-electron chi connectivity index (χ4n) is 3.61. The number of piperidine rings is 1. The Balaban J connectivity index is 1.48. The first-order valence-corrected chi connectivity index (χ1v) is 11.1. The van der Waals surface area contributed by atoms with Crippen LogP contribution in [0.25, 0.3) is 10.2 Å². The molecule has 0 spiro atoms. The van der Waals surface area contributed by atoms with Crippen LogP contribution in [0, 0.1) is 12.8 Å². The maximum Gasteiger partial charge on any atom is 0.229 e. The lowest BCUT2D eigenvalue weighted by Crippen LogP contribution is -2.40. The van der Waals surface area contributed by atoms with Gasteiger partial charge in [0.25, 0.3) is 0 Å². The van der Waals surface area contributed by atoms with Crippen LogP contribution in [-0.2, 0) is 4.79 Å². The molecule has 1 N–H and O–H groups in total. The van der Waals surface area contributed by atoms with E-state index in [0.717, 1.165) is 51.7 Å². The maximum atomic E-state index is 12.9. The Morgan fingerprint density at radius 2 is 2.21 bits per heavy atom. The van der Waals surface area contributed by atoms with E-state index in [2.05, 4.69) is 10.2 Å². The molecule has 3 aromatic rings. The Labute approximate surface area is 179 Å². The summed E-state index contributed by atoms with van der Waals surface area (Å²) in [4.78, 5) is 19.9. The van der Waals surface area contributed by atoms with Gasteiger partial charge in [-0.05, 0) is 62.6 Å². The number of ether oxygens (including phenoxy) is 1. The summed E-state index contributed by atoms with van der Waals surface area (Å²) in [5.41, 5.74) is 2.75. The number of halogens is 1. The zero-order valence-corrected chi connectivity index (χ0v) is 18.1. The third-order valence-corrected chi connectivity index (χ3v) is 6.49. The number of benzene rings is 2. The van der Waals surface area contributed by atoms with Gasteiger partial charge in [0.15, 0.2) is 5.13 Å². The van der Waals surface area contributed by atoms with Crippen LogP contribution in [0.5, 0.6) is 5.75 Å². The van der Waals surface area contributed by atoms with Gasteiger partial charge in [0, 0.05) is 23.8 Å². The molecule has 1 aliphatic rings. The minimum Gasteiger partial charge on any atom is -0.494 e. The highest BCUT2D eigenvalue weighted by atomic mass is 35.5. The summed E-state index contributed by atoms with van der Waals surface area (Å²) in [7, 11) is 0. The molecule has 4 rings (SSSR count). The van der Waals surface area contributed by atoms with Gasteiger partial charge < -0.3 is 15.0 Å². The standard InChI is InChI=1S/C22H24ClN3O2S/c1-3-28-17-8-9-18-20(12-17)29-22(25-18)26-10-4-5-15(13-26)21(27)24-19-11-16(23)7-6-14(19)2/h6-9,11-12,15H,3-5,10,13H2,1-2H3,(H,24,27). The minimum atomic E-state index is -0.0758. The van der Waals surface area contributed by atoms with E-state index in [4.69, 9.17) is 21.3 Å². The Hall–Kier alpha value is -2.31. The van der Waals surface area contributed by atoms with Crippen LogP contribution < -0.4 is 15.0 Å². The largest absolute Gasteiger partial charge is 0.494 e. The van der Waals surface area contributed by atoms with Gasteiger partial charge >= 0.3 is 0 Å². The molecule has 1 aliphatic heterocycles. The molecule has 1 fully saturated rings. The molecule has 0 aliphatic carbocycles. The molecule has 0 bridgehead atoms. The second-order valence-corrected chi connectivity index (χ2v) is 8.74. The normalized spacial score (nSPS) is 16.8. The van der Waals surface area contributed by atoms with Crippen molar-refractivity contribution < 1.29 is 9.53 Å². The van der Waals surface area contributed by atoms with Gasteiger partial charge in [-0.2, -0.15) is 0 Å². The van der Waals surface area contributed by atoms with E-state index in [1.54, 1.807) is 17.4 Å². The first-order valence-electron chi connectivity index (χ1n) is 9.89. The van der Waals surface area contributed by atoms with Gasteiger partial charge in [-0.15, -0.1) is 0 Å². The number of aromatic nitrogens is 1. The van der Waals surface area contributed by atoms with Crippen LogP contribution in [0.1, 0.15) is 25.3 Å². The summed E-state index contributed by atoms with van der Waals surface area (Å²) in [6.45, 7) is 6.18. The Morgan fingerprint density at radius 1 is 1.34 bits per heavy atom. The number of carbonyl (C=O) groups is 1. The zero-order valence-electron chi connectivity index (χ0n) is 16.6. The number of carbonyl (C=O) groups excluding carboxylic acids is 1. The number of amides is 1. The molecule has 5 nitrogen and oxygen atoms in total. The predicted molar refractivity (Wildman–Crippen MR) is 121 cm³/mol. The number of thiazole rings is 1. The van der Waals surface area contributed by atoms with Crippen molar-refractivity contribution in [1.82, 2.24) is 4.98 Å². The molecule has 1 saturated heterocycles.